The van der Waals surface area contributed by atoms with E-state index in [4.69, 9.17) is 0 Å². The van der Waals surface area contributed by atoms with Gasteiger partial charge in [0, 0.05) is 44.0 Å². The van der Waals surface area contributed by atoms with Gasteiger partial charge in [0.2, 0.25) is 5.91 Å². The number of imidazole rings is 1. The third-order valence-corrected chi connectivity index (χ3v) is 6.22. The van der Waals surface area contributed by atoms with Gasteiger partial charge in [0.15, 0.2) is 0 Å². The molecule has 0 unspecified atom stereocenters. The van der Waals surface area contributed by atoms with E-state index in [9.17, 15) is 14.0 Å². The number of amides is 2. The molecule has 0 N–H and O–H groups in total. The van der Waals surface area contributed by atoms with Crippen LogP contribution in [0.5, 0.6) is 0 Å². The van der Waals surface area contributed by atoms with E-state index in [-0.39, 0.29) is 24.1 Å². The molecule has 2 aromatic carbocycles. The molecule has 1 saturated heterocycles. The highest BCUT2D eigenvalue weighted by atomic mass is 19.1. The van der Waals surface area contributed by atoms with Crippen LogP contribution in [0.25, 0.3) is 16.8 Å². The summed E-state index contributed by atoms with van der Waals surface area (Å²) in [5.41, 5.74) is 4.81. The van der Waals surface area contributed by atoms with E-state index in [0.29, 0.717) is 31.7 Å². The maximum absolute atomic E-state index is 13.6. The Hall–Kier alpha value is -4.00. The van der Waals surface area contributed by atoms with Gasteiger partial charge in [-0.05, 0) is 53.9 Å². The van der Waals surface area contributed by atoms with Gasteiger partial charge in [0.25, 0.3) is 5.91 Å². The number of halogens is 1. The van der Waals surface area contributed by atoms with Crippen molar-refractivity contribution in [2.75, 3.05) is 19.6 Å². The molecular weight excluding hydrogens is 431 g/mol. The Balaban J connectivity index is 1.30. The summed E-state index contributed by atoms with van der Waals surface area (Å²) in [6, 6.07) is 17.5. The van der Waals surface area contributed by atoms with E-state index in [2.05, 4.69) is 4.98 Å². The molecule has 0 spiro atoms. The van der Waals surface area contributed by atoms with Gasteiger partial charge in [0.05, 0.1) is 12.2 Å². The molecule has 3 heterocycles. The Morgan fingerprint density at radius 1 is 1.00 bits per heavy atom. The van der Waals surface area contributed by atoms with E-state index >= 15 is 0 Å². The number of rotatable bonds is 4. The summed E-state index contributed by atoms with van der Waals surface area (Å²) in [7, 11) is 0. The Kier molecular flexibility index (Phi) is 5.84. The summed E-state index contributed by atoms with van der Waals surface area (Å²) in [6.45, 7) is 3.68. The molecule has 7 heteroatoms. The lowest BCUT2D eigenvalue weighted by Crippen LogP contribution is -2.35. The predicted molar refractivity (Wildman–Crippen MR) is 128 cm³/mol. The standard InChI is InChI=1S/C27H25FN4O2/c1-19-5-4-11-32-18-24(29-26(19)32)17-31-14-13-30(12-10-25(31)33)27(34)22-8-2-6-20(15-22)21-7-3-9-23(28)16-21/h2-9,11,15-16,18H,10,12-14,17H2,1H3. The molecule has 1 fully saturated rings. The van der Waals surface area contributed by atoms with Crippen molar-refractivity contribution in [3.63, 3.8) is 0 Å². The topological polar surface area (TPSA) is 57.9 Å². The molecule has 34 heavy (non-hydrogen) atoms. The van der Waals surface area contributed by atoms with Gasteiger partial charge in [0.1, 0.15) is 11.5 Å². The van der Waals surface area contributed by atoms with Gasteiger partial charge in [-0.25, -0.2) is 9.37 Å². The first kappa shape index (κ1) is 21.8. The Labute approximate surface area is 197 Å². The zero-order valence-electron chi connectivity index (χ0n) is 18.9. The number of hydrogen-bond acceptors (Lipinski definition) is 3. The van der Waals surface area contributed by atoms with E-state index in [1.807, 2.05) is 48.0 Å². The molecule has 0 bridgehead atoms. The molecule has 172 valence electrons. The zero-order chi connectivity index (χ0) is 23.7. The lowest BCUT2D eigenvalue weighted by Gasteiger charge is -2.22. The fourth-order valence-corrected chi connectivity index (χ4v) is 4.40. The lowest BCUT2D eigenvalue weighted by molar-refractivity contribution is -0.131. The van der Waals surface area contributed by atoms with Gasteiger partial charge < -0.3 is 14.2 Å². The summed E-state index contributed by atoms with van der Waals surface area (Å²) in [6.07, 6.45) is 4.16. The van der Waals surface area contributed by atoms with Gasteiger partial charge >= 0.3 is 0 Å². The quantitative estimate of drug-likeness (QED) is 0.460. The summed E-state index contributed by atoms with van der Waals surface area (Å²) in [5.74, 6) is -0.435. The van der Waals surface area contributed by atoms with Crippen LogP contribution < -0.4 is 0 Å². The fraction of sp³-hybridized carbons (Fsp3) is 0.222. The number of benzene rings is 2. The zero-order valence-corrected chi connectivity index (χ0v) is 18.9. The van der Waals surface area contributed by atoms with E-state index in [1.165, 1.54) is 12.1 Å². The first-order valence-corrected chi connectivity index (χ1v) is 11.3. The third-order valence-electron chi connectivity index (χ3n) is 6.22. The van der Waals surface area contributed by atoms with Crippen molar-refractivity contribution >= 4 is 17.5 Å². The normalized spacial score (nSPS) is 14.5. The van der Waals surface area contributed by atoms with Gasteiger partial charge in [-0.2, -0.15) is 0 Å². The van der Waals surface area contributed by atoms with Crippen molar-refractivity contribution in [1.29, 1.82) is 0 Å². The molecule has 0 radical (unpaired) electrons. The summed E-state index contributed by atoms with van der Waals surface area (Å²) < 4.78 is 15.6. The highest BCUT2D eigenvalue weighted by molar-refractivity contribution is 5.96. The summed E-state index contributed by atoms with van der Waals surface area (Å²) in [4.78, 5) is 34.2. The monoisotopic (exact) mass is 456 g/mol. The van der Waals surface area contributed by atoms with Crippen LogP contribution in [0.4, 0.5) is 4.39 Å². The minimum atomic E-state index is -0.318. The second-order valence-electron chi connectivity index (χ2n) is 8.60. The number of hydrogen-bond donors (Lipinski definition) is 0. The van der Waals surface area contributed by atoms with Gasteiger partial charge in [-0.1, -0.05) is 30.3 Å². The minimum absolute atomic E-state index is 0.0117. The molecule has 1 aliphatic rings. The Morgan fingerprint density at radius 2 is 1.79 bits per heavy atom. The van der Waals surface area contributed by atoms with Crippen LogP contribution in [0.2, 0.25) is 0 Å². The number of aryl methyl sites for hydroxylation is 1. The van der Waals surface area contributed by atoms with Crippen LogP contribution in [0.15, 0.2) is 73.1 Å². The number of fused-ring (bicyclic) bond motifs is 1. The van der Waals surface area contributed by atoms with Crippen LogP contribution in [0.3, 0.4) is 0 Å². The molecule has 6 nitrogen and oxygen atoms in total. The molecule has 4 aromatic rings. The Morgan fingerprint density at radius 3 is 2.59 bits per heavy atom. The minimum Gasteiger partial charge on any atom is -0.336 e. The number of aromatic nitrogens is 2. The first-order valence-electron chi connectivity index (χ1n) is 11.3. The molecular formula is C27H25FN4O2. The van der Waals surface area contributed by atoms with Crippen molar-refractivity contribution in [2.24, 2.45) is 0 Å². The highest BCUT2D eigenvalue weighted by Crippen LogP contribution is 2.22. The SMILES string of the molecule is Cc1cccn2cc(CN3CCN(C(=O)c4cccc(-c5cccc(F)c5)c4)CCC3=O)nc12. The molecule has 2 aromatic heterocycles. The van der Waals surface area contributed by atoms with Gasteiger partial charge in [-0.15, -0.1) is 0 Å². The molecule has 1 aliphatic heterocycles. The number of carbonyl (C=O) groups is 2. The first-order chi connectivity index (χ1) is 16.5. The van der Waals surface area contributed by atoms with Crippen molar-refractivity contribution in [3.8, 4) is 11.1 Å². The average molecular weight is 457 g/mol. The molecule has 2 amide bonds. The van der Waals surface area contributed by atoms with Crippen molar-refractivity contribution in [2.45, 2.75) is 19.9 Å². The average Bonchev–Trinajstić information content (AvgIpc) is 3.18. The van der Waals surface area contributed by atoms with E-state index in [1.54, 1.807) is 34.1 Å². The van der Waals surface area contributed by atoms with E-state index < -0.39 is 0 Å². The molecule has 0 aliphatic carbocycles. The third kappa shape index (κ3) is 4.41. The maximum Gasteiger partial charge on any atom is 0.253 e. The maximum atomic E-state index is 13.6. The molecule has 0 atom stereocenters. The largest absolute Gasteiger partial charge is 0.336 e. The molecule has 0 saturated carbocycles. The second-order valence-corrected chi connectivity index (χ2v) is 8.60. The van der Waals surface area contributed by atoms with Crippen molar-refractivity contribution < 1.29 is 14.0 Å². The van der Waals surface area contributed by atoms with Crippen LogP contribution in [-0.2, 0) is 11.3 Å². The number of pyridine rings is 1. The predicted octanol–water partition coefficient (Wildman–Crippen LogP) is 4.32. The van der Waals surface area contributed by atoms with Crippen molar-refractivity contribution in [3.05, 3.63) is 95.7 Å². The molecule has 5 rings (SSSR count). The van der Waals surface area contributed by atoms with E-state index in [0.717, 1.165) is 28.0 Å². The highest BCUT2D eigenvalue weighted by Gasteiger charge is 2.25. The van der Waals surface area contributed by atoms with Crippen LogP contribution >= 0.6 is 0 Å². The smallest absolute Gasteiger partial charge is 0.253 e. The Bertz CT molecular complexity index is 1380. The van der Waals surface area contributed by atoms with Crippen LogP contribution in [-0.4, -0.2) is 50.6 Å². The summed E-state index contributed by atoms with van der Waals surface area (Å²) >= 11 is 0. The number of nitrogens with zero attached hydrogens (tertiary/aromatic N) is 4. The summed E-state index contributed by atoms with van der Waals surface area (Å²) in [5, 5.41) is 0. The van der Waals surface area contributed by atoms with Gasteiger partial charge in [-0.3, -0.25) is 9.59 Å². The van der Waals surface area contributed by atoms with Crippen LogP contribution in [0.1, 0.15) is 28.0 Å². The van der Waals surface area contributed by atoms with Crippen molar-refractivity contribution in [1.82, 2.24) is 19.2 Å². The fourth-order valence-electron chi connectivity index (χ4n) is 4.40. The van der Waals surface area contributed by atoms with Crippen LogP contribution in [0, 0.1) is 12.7 Å². The number of carbonyl (C=O) groups excluding carboxylic acids is 2. The lowest BCUT2D eigenvalue weighted by atomic mass is 10.0. The second kappa shape index (κ2) is 9.09.